The van der Waals surface area contributed by atoms with E-state index in [9.17, 15) is 0 Å². The molecule has 0 saturated heterocycles. The van der Waals surface area contributed by atoms with Crippen molar-refractivity contribution >= 4 is 5.78 Å². The summed E-state index contributed by atoms with van der Waals surface area (Å²) < 4.78 is 6.28. The minimum absolute atomic E-state index is 0.959. The summed E-state index contributed by atoms with van der Waals surface area (Å²) in [4.78, 5) is 4.33. The summed E-state index contributed by atoms with van der Waals surface area (Å²) in [6.45, 7) is 2.10. The fourth-order valence-electron chi connectivity index (χ4n) is 2.24. The Bertz CT molecular complexity index is 691. The Morgan fingerprint density at radius 1 is 1.29 bits per heavy atom. The highest BCUT2D eigenvalue weighted by molar-refractivity contribution is 5.56. The Labute approximate surface area is 99.8 Å². The van der Waals surface area contributed by atoms with Gasteiger partial charge in [-0.1, -0.05) is 0 Å². The maximum absolute atomic E-state index is 4.33. The molecule has 4 heteroatoms. The SMILES string of the molecule is Cc1ccc(-c2cn3ccnc3n2C)[n+](C)c1. The second-order valence-electron chi connectivity index (χ2n) is 4.41. The van der Waals surface area contributed by atoms with Crippen molar-refractivity contribution in [3.8, 4) is 11.4 Å². The van der Waals surface area contributed by atoms with Gasteiger partial charge in [0.25, 0.3) is 0 Å². The Morgan fingerprint density at radius 2 is 2.12 bits per heavy atom. The van der Waals surface area contributed by atoms with Gasteiger partial charge in [0.15, 0.2) is 6.20 Å². The third-order valence-corrected chi connectivity index (χ3v) is 3.11. The molecule has 0 unspecified atom stereocenters. The number of aryl methyl sites for hydroxylation is 3. The predicted molar refractivity (Wildman–Crippen MR) is 65.5 cm³/mol. The van der Waals surface area contributed by atoms with Crippen molar-refractivity contribution in [2.75, 3.05) is 0 Å². The third-order valence-electron chi connectivity index (χ3n) is 3.11. The molecule has 3 aromatic rings. The van der Waals surface area contributed by atoms with Gasteiger partial charge < -0.3 is 4.57 Å². The molecule has 4 nitrogen and oxygen atoms in total. The standard InChI is InChI=1S/C13H15N4/c1-10-4-5-11(15(2)8-10)12-9-17-7-6-14-13(17)16(12)3/h4-9H,1-3H3/q+1. The Hall–Kier alpha value is -2.10. The van der Waals surface area contributed by atoms with Gasteiger partial charge in [-0.05, 0) is 13.0 Å². The number of fused-ring (bicyclic) bond motifs is 1. The summed E-state index contributed by atoms with van der Waals surface area (Å²) in [7, 11) is 4.11. The molecule has 3 rings (SSSR count). The van der Waals surface area contributed by atoms with Crippen molar-refractivity contribution in [2.45, 2.75) is 6.92 Å². The first-order chi connectivity index (χ1) is 8.16. The number of hydrogen-bond donors (Lipinski definition) is 0. The van der Waals surface area contributed by atoms with E-state index < -0.39 is 0 Å². The summed E-state index contributed by atoms with van der Waals surface area (Å²) in [5.74, 6) is 0.959. The van der Waals surface area contributed by atoms with Gasteiger partial charge in [-0.25, -0.2) is 4.98 Å². The van der Waals surface area contributed by atoms with Crippen LogP contribution in [0, 0.1) is 6.92 Å². The Morgan fingerprint density at radius 3 is 2.82 bits per heavy atom. The van der Waals surface area contributed by atoms with Crippen LogP contribution in [0.1, 0.15) is 5.56 Å². The fraction of sp³-hybridized carbons (Fsp3) is 0.231. The molecule has 0 aliphatic carbocycles. The summed E-state index contributed by atoms with van der Waals surface area (Å²) >= 11 is 0. The van der Waals surface area contributed by atoms with E-state index in [4.69, 9.17) is 0 Å². The molecular formula is C13H15N4+. The van der Waals surface area contributed by atoms with Crippen LogP contribution in [0.2, 0.25) is 0 Å². The van der Waals surface area contributed by atoms with E-state index in [2.05, 4.69) is 52.6 Å². The molecule has 0 N–H and O–H groups in total. The lowest BCUT2D eigenvalue weighted by Crippen LogP contribution is -2.31. The van der Waals surface area contributed by atoms with Crippen LogP contribution in [-0.4, -0.2) is 14.0 Å². The average Bonchev–Trinajstić information content (AvgIpc) is 2.83. The molecule has 0 bridgehead atoms. The quantitative estimate of drug-likeness (QED) is 0.578. The monoisotopic (exact) mass is 227 g/mol. The largest absolute Gasteiger partial charge is 0.308 e. The fourth-order valence-corrected chi connectivity index (χ4v) is 2.24. The van der Waals surface area contributed by atoms with Gasteiger partial charge in [0.2, 0.25) is 11.5 Å². The van der Waals surface area contributed by atoms with Crippen molar-refractivity contribution in [3.05, 3.63) is 42.5 Å². The zero-order valence-electron chi connectivity index (χ0n) is 10.3. The summed E-state index contributed by atoms with van der Waals surface area (Å²) in [5, 5.41) is 0. The van der Waals surface area contributed by atoms with Crippen LogP contribution in [0.25, 0.3) is 17.2 Å². The average molecular weight is 227 g/mol. The van der Waals surface area contributed by atoms with E-state index in [1.165, 1.54) is 11.3 Å². The van der Waals surface area contributed by atoms with Crippen LogP contribution in [0.3, 0.4) is 0 Å². The predicted octanol–water partition coefficient (Wildman–Crippen LogP) is 1.47. The van der Waals surface area contributed by atoms with Crippen LogP contribution in [0.5, 0.6) is 0 Å². The summed E-state index contributed by atoms with van der Waals surface area (Å²) in [5.41, 5.74) is 3.61. The van der Waals surface area contributed by atoms with Crippen LogP contribution in [0.4, 0.5) is 0 Å². The van der Waals surface area contributed by atoms with Gasteiger partial charge in [0, 0.05) is 37.3 Å². The summed E-state index contributed by atoms with van der Waals surface area (Å²) in [6.07, 6.45) is 8.01. The Kier molecular flexibility index (Phi) is 2.04. The van der Waals surface area contributed by atoms with Crippen LogP contribution < -0.4 is 4.57 Å². The molecule has 0 aromatic carbocycles. The second kappa shape index (κ2) is 3.45. The van der Waals surface area contributed by atoms with Gasteiger partial charge in [-0.3, -0.25) is 4.40 Å². The second-order valence-corrected chi connectivity index (χ2v) is 4.41. The van der Waals surface area contributed by atoms with Gasteiger partial charge in [0.05, 0.1) is 0 Å². The lowest BCUT2D eigenvalue weighted by Gasteiger charge is -2.01. The highest BCUT2D eigenvalue weighted by atomic mass is 15.2. The highest BCUT2D eigenvalue weighted by Gasteiger charge is 2.16. The van der Waals surface area contributed by atoms with E-state index >= 15 is 0 Å². The molecule has 0 aliphatic heterocycles. The van der Waals surface area contributed by atoms with Crippen LogP contribution in [-0.2, 0) is 14.1 Å². The zero-order chi connectivity index (χ0) is 12.0. The molecule has 3 heterocycles. The lowest BCUT2D eigenvalue weighted by molar-refractivity contribution is -0.660. The normalized spacial score (nSPS) is 11.2. The van der Waals surface area contributed by atoms with E-state index in [1.54, 1.807) is 0 Å². The number of aromatic nitrogens is 4. The van der Waals surface area contributed by atoms with E-state index in [-0.39, 0.29) is 0 Å². The maximum Gasteiger partial charge on any atom is 0.230 e. The Balaban J connectivity index is 2.26. The molecule has 0 saturated carbocycles. The van der Waals surface area contributed by atoms with E-state index in [0.717, 1.165) is 11.5 Å². The van der Waals surface area contributed by atoms with Gasteiger partial charge in [-0.15, -0.1) is 0 Å². The first kappa shape index (κ1) is 10.1. The van der Waals surface area contributed by atoms with Gasteiger partial charge >= 0.3 is 0 Å². The maximum atomic E-state index is 4.33. The van der Waals surface area contributed by atoms with Crippen LogP contribution >= 0.6 is 0 Å². The van der Waals surface area contributed by atoms with E-state index in [0.29, 0.717) is 0 Å². The minimum atomic E-state index is 0.959. The van der Waals surface area contributed by atoms with Crippen molar-refractivity contribution in [1.82, 2.24) is 14.0 Å². The number of rotatable bonds is 1. The van der Waals surface area contributed by atoms with Crippen molar-refractivity contribution in [1.29, 1.82) is 0 Å². The molecule has 0 aliphatic rings. The lowest BCUT2D eigenvalue weighted by atomic mass is 10.2. The zero-order valence-corrected chi connectivity index (χ0v) is 10.3. The topological polar surface area (TPSA) is 26.1 Å². The molecular weight excluding hydrogens is 212 g/mol. The third kappa shape index (κ3) is 1.45. The van der Waals surface area contributed by atoms with Crippen molar-refractivity contribution in [2.24, 2.45) is 14.1 Å². The number of imidazole rings is 2. The van der Waals surface area contributed by atoms with Crippen LogP contribution in [0.15, 0.2) is 36.9 Å². The van der Waals surface area contributed by atoms with Gasteiger partial charge in [0.1, 0.15) is 12.7 Å². The molecule has 0 radical (unpaired) electrons. The molecule has 0 spiro atoms. The molecule has 86 valence electrons. The van der Waals surface area contributed by atoms with Gasteiger partial charge in [-0.2, -0.15) is 4.57 Å². The first-order valence-corrected chi connectivity index (χ1v) is 5.62. The van der Waals surface area contributed by atoms with Crippen molar-refractivity contribution < 1.29 is 4.57 Å². The summed E-state index contributed by atoms with van der Waals surface area (Å²) in [6, 6.07) is 4.27. The molecule has 17 heavy (non-hydrogen) atoms. The van der Waals surface area contributed by atoms with E-state index in [1.807, 2.05) is 23.8 Å². The number of nitrogens with zero attached hydrogens (tertiary/aromatic N) is 4. The number of pyridine rings is 1. The molecule has 0 atom stereocenters. The number of hydrogen-bond acceptors (Lipinski definition) is 1. The highest BCUT2D eigenvalue weighted by Crippen LogP contribution is 2.18. The first-order valence-electron chi connectivity index (χ1n) is 5.62. The smallest absolute Gasteiger partial charge is 0.230 e. The van der Waals surface area contributed by atoms with Crippen molar-refractivity contribution in [3.63, 3.8) is 0 Å². The molecule has 0 amide bonds. The minimum Gasteiger partial charge on any atom is -0.308 e. The molecule has 3 aromatic heterocycles. The molecule has 0 fully saturated rings.